The summed E-state index contributed by atoms with van der Waals surface area (Å²) < 4.78 is 5.19. The Bertz CT molecular complexity index is 911. The lowest BCUT2D eigenvalue weighted by Gasteiger charge is -2.03. The molecule has 0 radical (unpaired) electrons. The number of methoxy groups -OCH3 is 1. The molecular weight excluding hydrogens is 384 g/mol. The molecule has 0 aliphatic rings. The molecule has 0 fully saturated rings. The maximum atomic E-state index is 11.0. The van der Waals surface area contributed by atoms with E-state index in [0.717, 1.165) is 27.6 Å². The highest BCUT2D eigenvalue weighted by molar-refractivity contribution is 7.98. The summed E-state index contributed by atoms with van der Waals surface area (Å²) in [5.74, 6) is -0.0786. The van der Waals surface area contributed by atoms with Crippen molar-refractivity contribution in [1.29, 1.82) is 0 Å². The van der Waals surface area contributed by atoms with Gasteiger partial charge in [-0.15, -0.1) is 11.3 Å². The van der Waals surface area contributed by atoms with Gasteiger partial charge in [0.15, 0.2) is 10.3 Å². The first-order valence-corrected chi connectivity index (χ1v) is 10.1. The van der Waals surface area contributed by atoms with E-state index in [4.69, 9.17) is 9.84 Å². The summed E-state index contributed by atoms with van der Waals surface area (Å²) >= 11 is 2.90. The second-order valence-corrected chi connectivity index (χ2v) is 7.35. The number of aliphatic carboxylic acids is 1. The number of hydrogen-bond acceptors (Lipinski definition) is 8. The predicted octanol–water partition coefficient (Wildman–Crippen LogP) is 4.09. The fourth-order valence-electron chi connectivity index (χ4n) is 2.38. The third-order valence-electron chi connectivity index (χ3n) is 3.69. The lowest BCUT2D eigenvalue weighted by Crippen LogP contribution is -1.97. The number of nitrogens with one attached hydrogen (secondary N) is 1. The first-order valence-electron chi connectivity index (χ1n) is 8.08. The Labute approximate surface area is 164 Å². The minimum atomic E-state index is -0.834. The number of carboxylic acids is 1. The fourth-order valence-corrected chi connectivity index (χ4v) is 3.70. The van der Waals surface area contributed by atoms with Crippen LogP contribution in [0, 0.1) is 0 Å². The lowest BCUT2D eigenvalue weighted by atomic mass is 10.1. The number of aromatic nitrogens is 3. The number of nitrogens with zero attached hydrogens (tertiary/aromatic N) is 3. The molecule has 0 amide bonds. The minimum absolute atomic E-state index is 0.0519. The lowest BCUT2D eigenvalue weighted by molar-refractivity contribution is -0.136. The zero-order chi connectivity index (χ0) is 19.2. The summed E-state index contributed by atoms with van der Waals surface area (Å²) in [5, 5.41) is 13.6. The number of ether oxygens (including phenoxy) is 1. The quantitative estimate of drug-likeness (QED) is 0.429. The molecule has 7 nitrogen and oxygen atoms in total. The predicted molar refractivity (Wildman–Crippen MR) is 107 cm³/mol. The van der Waals surface area contributed by atoms with E-state index >= 15 is 0 Å². The molecule has 0 bridgehead atoms. The first kappa shape index (κ1) is 19.1. The summed E-state index contributed by atoms with van der Waals surface area (Å²) in [6.07, 6.45) is 5.78. The van der Waals surface area contributed by atoms with Crippen molar-refractivity contribution < 1.29 is 14.6 Å². The number of carboxylic acid groups (broad SMARTS) is 1. The molecule has 0 unspecified atom stereocenters. The van der Waals surface area contributed by atoms with Gasteiger partial charge in [0, 0.05) is 10.4 Å². The third-order valence-corrected chi connectivity index (χ3v) is 5.30. The van der Waals surface area contributed by atoms with Gasteiger partial charge in [0.2, 0.25) is 0 Å². The molecular formula is C18H18N4O3S2. The van der Waals surface area contributed by atoms with Crippen LogP contribution < -0.4 is 10.1 Å². The standard InChI is InChI=1S/C18H18N4O3S2/c1-25-13-5-3-11(4-6-13)16-14(7-8-15(23)24)27-18(22-16)21-12-9-19-17(26-2)20-10-12/h3-6,9-10H,7-8H2,1-2H3,(H,21,22)(H,23,24). The molecule has 0 saturated heterocycles. The van der Waals surface area contributed by atoms with Gasteiger partial charge in [-0.05, 0) is 36.9 Å². The van der Waals surface area contributed by atoms with Crippen molar-refractivity contribution in [3.63, 3.8) is 0 Å². The zero-order valence-electron chi connectivity index (χ0n) is 14.8. The molecule has 0 spiro atoms. The maximum Gasteiger partial charge on any atom is 0.303 e. The number of aryl methyl sites for hydroxylation is 1. The van der Waals surface area contributed by atoms with Gasteiger partial charge < -0.3 is 15.2 Å². The largest absolute Gasteiger partial charge is 0.497 e. The highest BCUT2D eigenvalue weighted by Gasteiger charge is 2.15. The SMILES string of the molecule is COc1ccc(-c2nc(Nc3cnc(SC)nc3)sc2CCC(=O)O)cc1. The molecule has 2 N–H and O–H groups in total. The Hall–Kier alpha value is -2.65. The Balaban J connectivity index is 1.88. The van der Waals surface area contributed by atoms with Crippen molar-refractivity contribution in [3.8, 4) is 17.0 Å². The van der Waals surface area contributed by atoms with Crippen LogP contribution in [0.25, 0.3) is 11.3 Å². The van der Waals surface area contributed by atoms with Gasteiger partial charge in [-0.1, -0.05) is 11.8 Å². The monoisotopic (exact) mass is 402 g/mol. The van der Waals surface area contributed by atoms with Crippen LogP contribution in [-0.2, 0) is 11.2 Å². The van der Waals surface area contributed by atoms with Crippen LogP contribution in [0.5, 0.6) is 5.75 Å². The summed E-state index contributed by atoms with van der Waals surface area (Å²) in [6.45, 7) is 0. The van der Waals surface area contributed by atoms with Gasteiger partial charge in [0.1, 0.15) is 5.75 Å². The Morgan fingerprint density at radius 3 is 2.56 bits per heavy atom. The van der Waals surface area contributed by atoms with Crippen molar-refractivity contribution in [2.24, 2.45) is 0 Å². The number of hydrogen-bond donors (Lipinski definition) is 2. The molecule has 0 aliphatic carbocycles. The van der Waals surface area contributed by atoms with Crippen LogP contribution >= 0.6 is 23.1 Å². The van der Waals surface area contributed by atoms with Gasteiger partial charge in [-0.2, -0.15) is 0 Å². The van der Waals surface area contributed by atoms with E-state index < -0.39 is 5.97 Å². The maximum absolute atomic E-state index is 11.0. The normalized spacial score (nSPS) is 10.6. The van der Waals surface area contributed by atoms with Gasteiger partial charge in [0.25, 0.3) is 0 Å². The van der Waals surface area contributed by atoms with Crippen LogP contribution in [0.1, 0.15) is 11.3 Å². The fraction of sp³-hybridized carbons (Fsp3) is 0.222. The molecule has 0 aliphatic heterocycles. The van der Waals surface area contributed by atoms with Crippen molar-refractivity contribution >= 4 is 39.9 Å². The Morgan fingerprint density at radius 1 is 1.26 bits per heavy atom. The number of benzene rings is 1. The molecule has 1 aromatic carbocycles. The second kappa shape index (κ2) is 8.83. The van der Waals surface area contributed by atoms with Crippen molar-refractivity contribution in [1.82, 2.24) is 15.0 Å². The molecule has 0 atom stereocenters. The van der Waals surface area contributed by atoms with Crippen molar-refractivity contribution in [2.45, 2.75) is 18.0 Å². The van der Waals surface area contributed by atoms with Crippen molar-refractivity contribution in [2.75, 3.05) is 18.7 Å². The van der Waals surface area contributed by atoms with E-state index in [1.165, 1.54) is 23.1 Å². The summed E-state index contributed by atoms with van der Waals surface area (Å²) in [5.41, 5.74) is 2.41. The average Bonchev–Trinajstić information content (AvgIpc) is 3.09. The Morgan fingerprint density at radius 2 is 1.96 bits per heavy atom. The molecule has 2 heterocycles. The molecule has 0 saturated carbocycles. The number of thiazole rings is 1. The zero-order valence-corrected chi connectivity index (χ0v) is 16.4. The number of rotatable bonds is 8. The molecule has 27 heavy (non-hydrogen) atoms. The second-order valence-electron chi connectivity index (χ2n) is 5.50. The van der Waals surface area contributed by atoms with E-state index in [-0.39, 0.29) is 6.42 Å². The molecule has 140 valence electrons. The van der Waals surface area contributed by atoms with Crippen LogP contribution in [0.3, 0.4) is 0 Å². The van der Waals surface area contributed by atoms with Gasteiger partial charge in [-0.3, -0.25) is 4.79 Å². The van der Waals surface area contributed by atoms with Crippen LogP contribution in [0.15, 0.2) is 41.8 Å². The van der Waals surface area contributed by atoms with Crippen LogP contribution in [0.2, 0.25) is 0 Å². The highest BCUT2D eigenvalue weighted by Crippen LogP contribution is 2.34. The van der Waals surface area contributed by atoms with Crippen LogP contribution in [0.4, 0.5) is 10.8 Å². The number of carbonyl (C=O) groups is 1. The summed E-state index contributed by atoms with van der Waals surface area (Å²) in [7, 11) is 1.61. The number of anilines is 2. The smallest absolute Gasteiger partial charge is 0.303 e. The molecule has 2 aromatic heterocycles. The van der Waals surface area contributed by atoms with E-state index in [1.807, 2.05) is 30.5 Å². The minimum Gasteiger partial charge on any atom is -0.497 e. The average molecular weight is 403 g/mol. The first-order chi connectivity index (χ1) is 13.1. The van der Waals surface area contributed by atoms with Crippen molar-refractivity contribution in [3.05, 3.63) is 41.5 Å². The van der Waals surface area contributed by atoms with E-state index in [2.05, 4.69) is 20.3 Å². The van der Waals surface area contributed by atoms with E-state index in [9.17, 15) is 4.79 Å². The van der Waals surface area contributed by atoms with Gasteiger partial charge in [-0.25, -0.2) is 15.0 Å². The summed E-state index contributed by atoms with van der Waals surface area (Å²) in [4.78, 5) is 25.0. The van der Waals surface area contributed by atoms with Gasteiger partial charge >= 0.3 is 5.97 Å². The van der Waals surface area contributed by atoms with Crippen LogP contribution in [-0.4, -0.2) is 39.4 Å². The Kier molecular flexibility index (Phi) is 6.25. The molecule has 9 heteroatoms. The molecule has 3 aromatic rings. The third kappa shape index (κ3) is 4.95. The highest BCUT2D eigenvalue weighted by atomic mass is 32.2. The van der Waals surface area contributed by atoms with E-state index in [0.29, 0.717) is 16.7 Å². The summed E-state index contributed by atoms with van der Waals surface area (Å²) in [6, 6.07) is 7.55. The number of thioether (sulfide) groups is 1. The molecule has 3 rings (SSSR count). The van der Waals surface area contributed by atoms with Gasteiger partial charge in [0.05, 0.1) is 37.3 Å². The topological polar surface area (TPSA) is 97.2 Å². The van der Waals surface area contributed by atoms with E-state index in [1.54, 1.807) is 19.5 Å².